The molecule has 0 saturated heterocycles. The Morgan fingerprint density at radius 2 is 2.14 bits per heavy atom. The Bertz CT molecular complexity index is 808. The molecule has 0 spiro atoms. The Kier molecular flexibility index (Phi) is 8.02. The average molecular weight is 436 g/mol. The number of thioether (sulfide) groups is 2. The number of amidine groups is 1. The van der Waals surface area contributed by atoms with Crippen molar-refractivity contribution in [3.8, 4) is 0 Å². The lowest BCUT2D eigenvalue weighted by molar-refractivity contribution is -0.137. The maximum Gasteiger partial charge on any atom is 0.303 e. The molecule has 0 bridgehead atoms. The van der Waals surface area contributed by atoms with Crippen molar-refractivity contribution in [2.75, 3.05) is 37.4 Å². The molecule has 0 aromatic heterocycles. The van der Waals surface area contributed by atoms with Gasteiger partial charge in [0.15, 0.2) is 5.17 Å². The summed E-state index contributed by atoms with van der Waals surface area (Å²) in [7, 11) is 0. The van der Waals surface area contributed by atoms with Gasteiger partial charge in [0.1, 0.15) is 4.91 Å². The molecule has 2 aliphatic heterocycles. The van der Waals surface area contributed by atoms with Gasteiger partial charge in [-0.3, -0.25) is 14.6 Å². The molecule has 0 saturated carbocycles. The number of rotatable bonds is 10. The van der Waals surface area contributed by atoms with E-state index in [9.17, 15) is 9.59 Å². The standard InChI is InChI=1S/C20H25N3O4S2/c1-2-27-13-16-18(29-20-21-10-4-11-23(16)20)19(26)22-14-6-8-15(9-7-14)28-12-3-5-17(24)25/h6-9H,2-5,10-13H2,1H3,(H,22,26)(H,24,25). The molecule has 2 heterocycles. The van der Waals surface area contributed by atoms with Crippen LogP contribution in [0.4, 0.5) is 5.69 Å². The fourth-order valence-electron chi connectivity index (χ4n) is 2.95. The van der Waals surface area contributed by atoms with Crippen LogP contribution >= 0.6 is 23.5 Å². The van der Waals surface area contributed by atoms with Crippen LogP contribution in [-0.2, 0) is 14.3 Å². The SMILES string of the molecule is CCOCC1=C(C(=O)Nc2ccc(SCCCC(=O)O)cc2)SC2=NCCCN21. The highest BCUT2D eigenvalue weighted by Crippen LogP contribution is 2.37. The highest BCUT2D eigenvalue weighted by Gasteiger charge is 2.34. The number of hydrogen-bond donors (Lipinski definition) is 2. The summed E-state index contributed by atoms with van der Waals surface area (Å²) in [6.45, 7) is 4.58. The molecule has 2 aliphatic rings. The predicted molar refractivity (Wildman–Crippen MR) is 117 cm³/mol. The van der Waals surface area contributed by atoms with E-state index in [4.69, 9.17) is 9.84 Å². The number of amides is 1. The third-order valence-corrected chi connectivity index (χ3v) is 6.62. The number of anilines is 1. The fraction of sp³-hybridized carbons (Fsp3) is 0.450. The lowest BCUT2D eigenvalue weighted by Crippen LogP contribution is -2.31. The highest BCUT2D eigenvalue weighted by atomic mass is 32.2. The van der Waals surface area contributed by atoms with Crippen LogP contribution < -0.4 is 5.32 Å². The van der Waals surface area contributed by atoms with Crippen molar-refractivity contribution in [3.63, 3.8) is 0 Å². The number of carbonyl (C=O) groups excluding carboxylic acids is 1. The second-order valence-electron chi connectivity index (χ2n) is 6.51. The molecule has 156 valence electrons. The van der Waals surface area contributed by atoms with Gasteiger partial charge in [0.25, 0.3) is 5.91 Å². The van der Waals surface area contributed by atoms with E-state index < -0.39 is 5.97 Å². The van der Waals surface area contributed by atoms with E-state index >= 15 is 0 Å². The van der Waals surface area contributed by atoms with Gasteiger partial charge in [-0.1, -0.05) is 0 Å². The zero-order valence-corrected chi connectivity index (χ0v) is 18.0. The molecule has 29 heavy (non-hydrogen) atoms. The number of aliphatic imine (C=N–C) groups is 1. The summed E-state index contributed by atoms with van der Waals surface area (Å²) in [6, 6.07) is 7.60. The molecule has 0 unspecified atom stereocenters. The fourth-order valence-corrected chi connectivity index (χ4v) is 4.88. The van der Waals surface area contributed by atoms with Crippen LogP contribution in [0, 0.1) is 0 Å². The molecule has 3 rings (SSSR count). The molecule has 0 radical (unpaired) electrons. The van der Waals surface area contributed by atoms with Crippen LogP contribution in [0.5, 0.6) is 0 Å². The number of carboxylic acid groups (broad SMARTS) is 1. The first-order valence-electron chi connectivity index (χ1n) is 9.65. The number of ether oxygens (including phenoxy) is 1. The maximum absolute atomic E-state index is 12.9. The van der Waals surface area contributed by atoms with Gasteiger partial charge in [-0.25, -0.2) is 0 Å². The zero-order valence-electron chi connectivity index (χ0n) is 16.3. The molecule has 1 amide bonds. The molecule has 1 aromatic carbocycles. The Labute approximate surface area is 179 Å². The van der Waals surface area contributed by atoms with E-state index in [2.05, 4.69) is 15.2 Å². The Balaban J connectivity index is 1.61. The van der Waals surface area contributed by atoms with Crippen molar-refractivity contribution in [3.05, 3.63) is 34.9 Å². The van der Waals surface area contributed by atoms with Crippen molar-refractivity contribution in [1.29, 1.82) is 0 Å². The molecule has 7 nitrogen and oxygen atoms in total. The third kappa shape index (κ3) is 6.01. The van der Waals surface area contributed by atoms with E-state index in [0.717, 1.165) is 46.7 Å². The quantitative estimate of drug-likeness (QED) is 0.428. The van der Waals surface area contributed by atoms with E-state index in [-0.39, 0.29) is 12.3 Å². The topological polar surface area (TPSA) is 91.2 Å². The van der Waals surface area contributed by atoms with Crippen LogP contribution in [0.2, 0.25) is 0 Å². The van der Waals surface area contributed by atoms with Crippen molar-refractivity contribution >= 4 is 46.3 Å². The summed E-state index contributed by atoms with van der Waals surface area (Å²) in [4.78, 5) is 31.8. The van der Waals surface area contributed by atoms with Gasteiger partial charge in [-0.2, -0.15) is 0 Å². The second kappa shape index (κ2) is 10.7. The Hall–Kier alpha value is -1.97. The number of carbonyl (C=O) groups is 2. The summed E-state index contributed by atoms with van der Waals surface area (Å²) in [5.41, 5.74) is 1.61. The summed E-state index contributed by atoms with van der Waals surface area (Å²) in [6.07, 6.45) is 1.79. The molecule has 2 N–H and O–H groups in total. The zero-order chi connectivity index (χ0) is 20.6. The van der Waals surface area contributed by atoms with Gasteiger partial charge in [-0.05, 0) is 61.5 Å². The summed E-state index contributed by atoms with van der Waals surface area (Å²) in [5, 5.41) is 12.5. The highest BCUT2D eigenvalue weighted by molar-refractivity contribution is 8.18. The number of aliphatic carboxylic acids is 1. The van der Waals surface area contributed by atoms with Crippen molar-refractivity contribution in [1.82, 2.24) is 4.90 Å². The second-order valence-corrected chi connectivity index (χ2v) is 8.65. The van der Waals surface area contributed by atoms with Crippen LogP contribution in [0.25, 0.3) is 0 Å². The van der Waals surface area contributed by atoms with Crippen molar-refractivity contribution < 1.29 is 19.4 Å². The lowest BCUT2D eigenvalue weighted by Gasteiger charge is -2.25. The van der Waals surface area contributed by atoms with Gasteiger partial charge in [-0.15, -0.1) is 11.8 Å². The molecular formula is C20H25N3O4S2. The number of nitrogens with zero attached hydrogens (tertiary/aromatic N) is 2. The van der Waals surface area contributed by atoms with Gasteiger partial charge < -0.3 is 20.1 Å². The third-order valence-electron chi connectivity index (χ3n) is 4.36. The van der Waals surface area contributed by atoms with Gasteiger partial charge >= 0.3 is 5.97 Å². The first-order chi connectivity index (χ1) is 14.1. The molecule has 0 atom stereocenters. The molecule has 9 heteroatoms. The van der Waals surface area contributed by atoms with E-state index in [1.54, 1.807) is 11.8 Å². The van der Waals surface area contributed by atoms with Crippen LogP contribution in [-0.4, -0.2) is 59.1 Å². The van der Waals surface area contributed by atoms with Crippen LogP contribution in [0.3, 0.4) is 0 Å². The van der Waals surface area contributed by atoms with Gasteiger partial charge in [0, 0.05) is 36.7 Å². The first-order valence-corrected chi connectivity index (χ1v) is 11.5. The number of benzene rings is 1. The minimum atomic E-state index is -0.770. The largest absolute Gasteiger partial charge is 0.481 e. The van der Waals surface area contributed by atoms with Crippen LogP contribution in [0.15, 0.2) is 44.8 Å². The maximum atomic E-state index is 12.9. The number of carboxylic acids is 1. The smallest absolute Gasteiger partial charge is 0.303 e. The van der Waals surface area contributed by atoms with Gasteiger partial charge in [0.05, 0.1) is 12.3 Å². The minimum absolute atomic E-state index is 0.149. The molecule has 0 aliphatic carbocycles. The molecular weight excluding hydrogens is 410 g/mol. The number of nitrogens with one attached hydrogen (secondary N) is 1. The van der Waals surface area contributed by atoms with E-state index in [0.29, 0.717) is 24.5 Å². The van der Waals surface area contributed by atoms with Crippen molar-refractivity contribution in [2.24, 2.45) is 4.99 Å². The van der Waals surface area contributed by atoms with E-state index in [1.807, 2.05) is 31.2 Å². The molecule has 1 aromatic rings. The summed E-state index contributed by atoms with van der Waals surface area (Å²) >= 11 is 3.02. The number of fused-ring (bicyclic) bond motifs is 1. The predicted octanol–water partition coefficient (Wildman–Crippen LogP) is 3.64. The minimum Gasteiger partial charge on any atom is -0.481 e. The monoisotopic (exact) mass is 435 g/mol. The van der Waals surface area contributed by atoms with E-state index in [1.165, 1.54) is 11.8 Å². The normalized spacial score (nSPS) is 15.9. The lowest BCUT2D eigenvalue weighted by atomic mass is 10.2. The van der Waals surface area contributed by atoms with Gasteiger partial charge in [0.2, 0.25) is 0 Å². The van der Waals surface area contributed by atoms with Crippen LogP contribution in [0.1, 0.15) is 26.2 Å². The molecule has 0 fully saturated rings. The number of hydrogen-bond acceptors (Lipinski definition) is 7. The Morgan fingerprint density at radius 1 is 1.34 bits per heavy atom. The Morgan fingerprint density at radius 3 is 2.86 bits per heavy atom. The first kappa shape index (κ1) is 21.7. The van der Waals surface area contributed by atoms with Crippen molar-refractivity contribution in [2.45, 2.75) is 31.1 Å². The summed E-state index contributed by atoms with van der Waals surface area (Å²) in [5.74, 6) is -0.169. The average Bonchev–Trinajstić information content (AvgIpc) is 3.09. The summed E-state index contributed by atoms with van der Waals surface area (Å²) < 4.78 is 5.59.